The van der Waals surface area contributed by atoms with Gasteiger partial charge in [0.05, 0.1) is 16.8 Å². The lowest BCUT2D eigenvalue weighted by Gasteiger charge is -2.14. The van der Waals surface area contributed by atoms with Crippen molar-refractivity contribution in [1.82, 2.24) is 4.98 Å². The van der Waals surface area contributed by atoms with E-state index in [1.807, 2.05) is 0 Å². The van der Waals surface area contributed by atoms with E-state index < -0.39 is 0 Å². The number of nitrogens with zero attached hydrogens (tertiary/aromatic N) is 1. The fourth-order valence-electron chi connectivity index (χ4n) is 1.38. The first-order chi connectivity index (χ1) is 7.43. The maximum Gasteiger partial charge on any atom is 0.0954 e. The van der Waals surface area contributed by atoms with Crippen LogP contribution in [0.4, 0.5) is 0 Å². The van der Waals surface area contributed by atoms with E-state index in [1.54, 1.807) is 11.3 Å². The molecule has 0 fully saturated rings. The Morgan fingerprint density at radius 3 is 2.62 bits per heavy atom. The minimum atomic E-state index is -0.383. The zero-order valence-electron chi connectivity index (χ0n) is 10.2. The Bertz CT molecular complexity index is 317. The lowest BCUT2D eigenvalue weighted by atomic mass is 9.93. The third-order valence-electron chi connectivity index (χ3n) is 2.43. The predicted molar refractivity (Wildman–Crippen MR) is 66.8 cm³/mol. The standard InChI is InChI=1S/C12H21NO2S/c1-12(2,3)10-8-16-11(13-10)7-9(15)5-4-6-14/h8-9,14-15H,4-7H2,1-3H3. The van der Waals surface area contributed by atoms with Crippen molar-refractivity contribution in [2.75, 3.05) is 6.61 Å². The Labute approximate surface area is 101 Å². The van der Waals surface area contributed by atoms with Crippen molar-refractivity contribution in [1.29, 1.82) is 0 Å². The van der Waals surface area contributed by atoms with Gasteiger partial charge in [-0.25, -0.2) is 4.98 Å². The molecule has 0 aliphatic carbocycles. The minimum Gasteiger partial charge on any atom is -0.396 e. The summed E-state index contributed by atoms with van der Waals surface area (Å²) in [5.74, 6) is 0. The van der Waals surface area contributed by atoms with E-state index >= 15 is 0 Å². The third-order valence-corrected chi connectivity index (χ3v) is 3.30. The first-order valence-corrected chi connectivity index (χ1v) is 6.55. The summed E-state index contributed by atoms with van der Waals surface area (Å²) in [6, 6.07) is 0. The molecule has 1 heterocycles. The SMILES string of the molecule is CC(C)(C)c1csc(CC(O)CCCO)n1. The van der Waals surface area contributed by atoms with Crippen molar-refractivity contribution in [3.8, 4) is 0 Å². The van der Waals surface area contributed by atoms with Crippen LogP contribution >= 0.6 is 11.3 Å². The van der Waals surface area contributed by atoms with Gasteiger partial charge in [-0.05, 0) is 12.8 Å². The van der Waals surface area contributed by atoms with Gasteiger partial charge < -0.3 is 10.2 Å². The van der Waals surface area contributed by atoms with Crippen LogP contribution in [-0.4, -0.2) is 27.9 Å². The van der Waals surface area contributed by atoms with E-state index in [-0.39, 0.29) is 18.1 Å². The van der Waals surface area contributed by atoms with Crippen LogP contribution in [0.2, 0.25) is 0 Å². The largest absolute Gasteiger partial charge is 0.396 e. The normalized spacial score (nSPS) is 14.1. The van der Waals surface area contributed by atoms with Crippen LogP contribution in [-0.2, 0) is 11.8 Å². The molecule has 0 aliphatic rings. The van der Waals surface area contributed by atoms with Crippen LogP contribution in [0.3, 0.4) is 0 Å². The van der Waals surface area contributed by atoms with E-state index in [2.05, 4.69) is 31.1 Å². The summed E-state index contributed by atoms with van der Waals surface area (Å²) in [4.78, 5) is 4.53. The van der Waals surface area contributed by atoms with Gasteiger partial charge in [-0.2, -0.15) is 0 Å². The molecule has 3 nitrogen and oxygen atoms in total. The molecule has 1 aromatic heterocycles. The van der Waals surface area contributed by atoms with E-state index in [0.717, 1.165) is 10.7 Å². The summed E-state index contributed by atoms with van der Waals surface area (Å²) in [6.07, 6.45) is 1.51. The number of thiazole rings is 1. The Morgan fingerprint density at radius 1 is 1.44 bits per heavy atom. The van der Waals surface area contributed by atoms with E-state index in [9.17, 15) is 5.11 Å². The van der Waals surface area contributed by atoms with E-state index in [4.69, 9.17) is 5.11 Å². The first-order valence-electron chi connectivity index (χ1n) is 5.67. The van der Waals surface area contributed by atoms with Crippen LogP contribution in [0.15, 0.2) is 5.38 Å². The molecule has 16 heavy (non-hydrogen) atoms. The molecule has 0 amide bonds. The summed E-state index contributed by atoms with van der Waals surface area (Å²) >= 11 is 1.60. The maximum atomic E-state index is 9.70. The molecule has 0 saturated carbocycles. The average Bonchev–Trinajstić information content (AvgIpc) is 2.62. The Kier molecular flexibility index (Phi) is 4.89. The quantitative estimate of drug-likeness (QED) is 0.833. The second-order valence-corrected chi connectivity index (χ2v) is 6.04. The monoisotopic (exact) mass is 243 g/mol. The molecule has 0 spiro atoms. The lowest BCUT2D eigenvalue weighted by Crippen LogP contribution is -2.13. The van der Waals surface area contributed by atoms with Crippen molar-refractivity contribution < 1.29 is 10.2 Å². The number of rotatable bonds is 5. The van der Waals surface area contributed by atoms with E-state index in [0.29, 0.717) is 19.3 Å². The molecule has 1 aromatic rings. The summed E-state index contributed by atoms with van der Waals surface area (Å²) in [6.45, 7) is 6.54. The zero-order chi connectivity index (χ0) is 12.2. The van der Waals surface area contributed by atoms with Crippen LogP contribution in [0, 0.1) is 0 Å². The summed E-state index contributed by atoms with van der Waals surface area (Å²) in [7, 11) is 0. The van der Waals surface area contributed by atoms with Crippen LogP contribution in [0.5, 0.6) is 0 Å². The number of aromatic nitrogens is 1. The molecule has 0 radical (unpaired) electrons. The molecule has 0 aromatic carbocycles. The fourth-order valence-corrected chi connectivity index (χ4v) is 2.47. The smallest absolute Gasteiger partial charge is 0.0954 e. The molecule has 1 rings (SSSR count). The molecule has 4 heteroatoms. The fraction of sp³-hybridized carbons (Fsp3) is 0.750. The minimum absolute atomic E-state index is 0.0742. The van der Waals surface area contributed by atoms with Gasteiger partial charge in [-0.3, -0.25) is 0 Å². The van der Waals surface area contributed by atoms with Crippen molar-refractivity contribution in [3.63, 3.8) is 0 Å². The van der Waals surface area contributed by atoms with Gasteiger partial charge in [0, 0.05) is 23.8 Å². The molecule has 92 valence electrons. The molecular weight excluding hydrogens is 222 g/mol. The Morgan fingerprint density at radius 2 is 2.12 bits per heavy atom. The van der Waals surface area contributed by atoms with Gasteiger partial charge in [0.15, 0.2) is 0 Å². The highest BCUT2D eigenvalue weighted by Crippen LogP contribution is 2.24. The number of aliphatic hydroxyl groups is 2. The van der Waals surface area contributed by atoms with Gasteiger partial charge in [-0.15, -0.1) is 11.3 Å². The predicted octanol–water partition coefficient (Wildman–Crippen LogP) is 2.12. The third kappa shape index (κ3) is 4.20. The molecule has 1 unspecified atom stereocenters. The molecule has 0 bridgehead atoms. The van der Waals surface area contributed by atoms with Crippen molar-refractivity contribution in [2.24, 2.45) is 0 Å². The van der Waals surface area contributed by atoms with Gasteiger partial charge >= 0.3 is 0 Å². The van der Waals surface area contributed by atoms with Gasteiger partial charge in [-0.1, -0.05) is 20.8 Å². The van der Waals surface area contributed by atoms with Crippen molar-refractivity contribution in [2.45, 2.75) is 51.6 Å². The topological polar surface area (TPSA) is 53.4 Å². The highest BCUT2D eigenvalue weighted by atomic mass is 32.1. The number of hydrogen-bond acceptors (Lipinski definition) is 4. The lowest BCUT2D eigenvalue weighted by molar-refractivity contribution is 0.150. The van der Waals surface area contributed by atoms with Gasteiger partial charge in [0.2, 0.25) is 0 Å². The molecule has 2 N–H and O–H groups in total. The Hall–Kier alpha value is -0.450. The highest BCUT2D eigenvalue weighted by Gasteiger charge is 2.18. The van der Waals surface area contributed by atoms with Crippen molar-refractivity contribution >= 4 is 11.3 Å². The van der Waals surface area contributed by atoms with Crippen LogP contribution in [0.1, 0.15) is 44.3 Å². The maximum absolute atomic E-state index is 9.70. The summed E-state index contributed by atoms with van der Waals surface area (Å²) in [5.41, 5.74) is 1.16. The summed E-state index contributed by atoms with van der Waals surface area (Å²) in [5, 5.41) is 21.4. The molecule has 0 aliphatic heterocycles. The number of aliphatic hydroxyl groups excluding tert-OH is 2. The Balaban J connectivity index is 2.52. The second-order valence-electron chi connectivity index (χ2n) is 5.10. The molecular formula is C12H21NO2S. The molecule has 0 saturated heterocycles. The highest BCUT2D eigenvalue weighted by molar-refractivity contribution is 7.09. The van der Waals surface area contributed by atoms with Crippen LogP contribution < -0.4 is 0 Å². The van der Waals surface area contributed by atoms with Gasteiger partial charge in [0.1, 0.15) is 0 Å². The van der Waals surface area contributed by atoms with Crippen molar-refractivity contribution in [3.05, 3.63) is 16.1 Å². The van der Waals surface area contributed by atoms with E-state index in [1.165, 1.54) is 0 Å². The number of hydrogen-bond donors (Lipinski definition) is 2. The second kappa shape index (κ2) is 5.75. The van der Waals surface area contributed by atoms with Crippen LogP contribution in [0.25, 0.3) is 0 Å². The average molecular weight is 243 g/mol. The summed E-state index contributed by atoms with van der Waals surface area (Å²) < 4.78 is 0. The zero-order valence-corrected chi connectivity index (χ0v) is 11.0. The van der Waals surface area contributed by atoms with Gasteiger partial charge in [0.25, 0.3) is 0 Å². The first kappa shape index (κ1) is 13.6. The molecule has 1 atom stereocenters.